The summed E-state index contributed by atoms with van der Waals surface area (Å²) >= 11 is 0. The van der Waals surface area contributed by atoms with Crippen LogP contribution in [-0.2, 0) is 19.9 Å². The minimum absolute atomic E-state index is 0.212. The van der Waals surface area contributed by atoms with Gasteiger partial charge in [0, 0.05) is 30.6 Å². The van der Waals surface area contributed by atoms with E-state index >= 15 is 0 Å². The summed E-state index contributed by atoms with van der Waals surface area (Å²) in [6.07, 6.45) is 3.39. The first-order valence-corrected chi connectivity index (χ1v) is 9.27. The predicted molar refractivity (Wildman–Crippen MR) is 111 cm³/mol. The van der Waals surface area contributed by atoms with Gasteiger partial charge in [-0.25, -0.2) is 9.78 Å². The molecular formula is C21H25N5O3. The number of hydrogen-bond acceptors (Lipinski definition) is 6. The third-order valence-corrected chi connectivity index (χ3v) is 4.63. The van der Waals surface area contributed by atoms with Gasteiger partial charge in [0.2, 0.25) is 5.88 Å². The van der Waals surface area contributed by atoms with E-state index in [0.29, 0.717) is 11.4 Å². The van der Waals surface area contributed by atoms with Crippen LogP contribution in [0.4, 0.5) is 10.5 Å². The largest absolute Gasteiger partial charge is 0.494 e. The van der Waals surface area contributed by atoms with E-state index in [1.165, 1.54) is 0 Å². The Morgan fingerprint density at radius 3 is 2.66 bits per heavy atom. The number of nitrogen functional groups attached to an aromatic ring is 1. The van der Waals surface area contributed by atoms with Crippen molar-refractivity contribution in [3.8, 4) is 22.9 Å². The van der Waals surface area contributed by atoms with E-state index in [4.69, 9.17) is 20.9 Å². The molecule has 0 atom stereocenters. The predicted octanol–water partition coefficient (Wildman–Crippen LogP) is 3.01. The maximum atomic E-state index is 10.9. The number of carbonyl (C=O) groups excluding carboxylic acids is 1. The highest BCUT2D eigenvalue weighted by Crippen LogP contribution is 2.35. The van der Waals surface area contributed by atoms with Gasteiger partial charge in [-0.15, -0.1) is 0 Å². The average Bonchev–Trinajstić information content (AvgIpc) is 3.09. The number of carbonyl (C=O) groups is 1. The second-order valence-corrected chi connectivity index (χ2v) is 6.83. The minimum Gasteiger partial charge on any atom is -0.494 e. The van der Waals surface area contributed by atoms with Crippen molar-refractivity contribution in [3.63, 3.8) is 0 Å². The van der Waals surface area contributed by atoms with Crippen LogP contribution in [0, 0.1) is 6.92 Å². The molecule has 0 saturated heterocycles. The lowest BCUT2D eigenvalue weighted by Crippen LogP contribution is -2.17. The van der Waals surface area contributed by atoms with Crippen molar-refractivity contribution in [2.45, 2.75) is 26.2 Å². The standard InChI is InChI=1S/C21H25N5O3/c1-13-7-8-19(29-21(23)27)24-17(13)6-4-5-14-11-15(18-9-10-26(2)25-18)20(28-3)16(22)12-14/h7-12H,4-6,22H2,1-3H3,(H2,23,27). The lowest BCUT2D eigenvalue weighted by Gasteiger charge is -2.13. The lowest BCUT2D eigenvalue weighted by molar-refractivity contribution is 0.209. The number of benzene rings is 1. The van der Waals surface area contributed by atoms with Crippen LogP contribution in [0.25, 0.3) is 11.3 Å². The van der Waals surface area contributed by atoms with Crippen LogP contribution >= 0.6 is 0 Å². The molecule has 3 rings (SSSR count). The number of anilines is 1. The van der Waals surface area contributed by atoms with Crippen LogP contribution in [0.15, 0.2) is 36.5 Å². The molecule has 3 aromatic rings. The molecule has 1 amide bonds. The van der Waals surface area contributed by atoms with Gasteiger partial charge in [0.25, 0.3) is 0 Å². The first-order valence-electron chi connectivity index (χ1n) is 9.27. The number of primary amides is 1. The molecule has 152 valence electrons. The average molecular weight is 395 g/mol. The number of methoxy groups -OCH3 is 1. The Labute approximate surface area is 169 Å². The Hall–Kier alpha value is -3.55. The molecule has 0 aliphatic carbocycles. The number of ether oxygens (including phenoxy) is 2. The van der Waals surface area contributed by atoms with Crippen molar-refractivity contribution in [3.05, 3.63) is 53.3 Å². The number of nitrogens with zero attached hydrogens (tertiary/aromatic N) is 3. The third kappa shape index (κ3) is 4.84. The number of rotatable bonds is 7. The highest BCUT2D eigenvalue weighted by Gasteiger charge is 2.14. The summed E-state index contributed by atoms with van der Waals surface area (Å²) in [6, 6.07) is 9.42. The molecule has 0 radical (unpaired) electrons. The Morgan fingerprint density at radius 2 is 2.00 bits per heavy atom. The number of amides is 1. The zero-order valence-corrected chi connectivity index (χ0v) is 16.8. The zero-order chi connectivity index (χ0) is 21.0. The Morgan fingerprint density at radius 1 is 1.21 bits per heavy atom. The van der Waals surface area contributed by atoms with E-state index in [0.717, 1.165) is 47.3 Å². The molecule has 0 bridgehead atoms. The van der Waals surface area contributed by atoms with E-state index in [2.05, 4.69) is 16.1 Å². The molecule has 4 N–H and O–H groups in total. The number of hydrogen-bond donors (Lipinski definition) is 2. The van der Waals surface area contributed by atoms with Crippen LogP contribution in [0.3, 0.4) is 0 Å². The summed E-state index contributed by atoms with van der Waals surface area (Å²) < 4.78 is 12.1. The monoisotopic (exact) mass is 395 g/mol. The van der Waals surface area contributed by atoms with E-state index in [9.17, 15) is 4.79 Å². The molecule has 0 spiro atoms. The van der Waals surface area contributed by atoms with E-state index in [1.54, 1.807) is 17.9 Å². The number of aromatic nitrogens is 3. The smallest absolute Gasteiger partial charge is 0.411 e. The van der Waals surface area contributed by atoms with Crippen LogP contribution < -0.4 is 20.9 Å². The minimum atomic E-state index is -0.872. The molecule has 0 aliphatic heterocycles. The van der Waals surface area contributed by atoms with Crippen LogP contribution in [-0.4, -0.2) is 28.0 Å². The van der Waals surface area contributed by atoms with Gasteiger partial charge < -0.3 is 20.9 Å². The van der Waals surface area contributed by atoms with Crippen molar-refractivity contribution in [2.75, 3.05) is 12.8 Å². The molecule has 8 nitrogen and oxygen atoms in total. The van der Waals surface area contributed by atoms with Gasteiger partial charge in [-0.2, -0.15) is 5.10 Å². The molecule has 0 aliphatic rings. The van der Waals surface area contributed by atoms with Crippen LogP contribution in [0.2, 0.25) is 0 Å². The van der Waals surface area contributed by atoms with Crippen molar-refractivity contribution >= 4 is 11.8 Å². The third-order valence-electron chi connectivity index (χ3n) is 4.63. The van der Waals surface area contributed by atoms with Gasteiger partial charge in [0.15, 0.2) is 5.75 Å². The first-order chi connectivity index (χ1) is 13.9. The van der Waals surface area contributed by atoms with Gasteiger partial charge in [0.05, 0.1) is 18.5 Å². The van der Waals surface area contributed by atoms with Gasteiger partial charge in [-0.05, 0) is 55.5 Å². The maximum absolute atomic E-state index is 10.9. The van der Waals surface area contributed by atoms with Gasteiger partial charge in [-0.1, -0.05) is 6.07 Å². The summed E-state index contributed by atoms with van der Waals surface area (Å²) in [7, 11) is 3.47. The van der Waals surface area contributed by atoms with Gasteiger partial charge in [0.1, 0.15) is 0 Å². The van der Waals surface area contributed by atoms with E-state index < -0.39 is 6.09 Å². The van der Waals surface area contributed by atoms with Crippen LogP contribution in [0.5, 0.6) is 11.6 Å². The number of aryl methyl sites for hydroxylation is 4. The zero-order valence-electron chi connectivity index (χ0n) is 16.8. The number of nitrogens with two attached hydrogens (primary N) is 2. The molecule has 0 saturated carbocycles. The van der Waals surface area contributed by atoms with Crippen molar-refractivity contribution in [2.24, 2.45) is 12.8 Å². The Bertz CT molecular complexity index is 1030. The molecule has 1 aromatic carbocycles. The molecular weight excluding hydrogens is 370 g/mol. The fraction of sp³-hybridized carbons (Fsp3) is 0.286. The normalized spacial score (nSPS) is 10.7. The van der Waals surface area contributed by atoms with E-state index in [1.807, 2.05) is 38.4 Å². The summed E-state index contributed by atoms with van der Waals surface area (Å²) in [4.78, 5) is 15.3. The highest BCUT2D eigenvalue weighted by molar-refractivity contribution is 5.76. The maximum Gasteiger partial charge on any atom is 0.411 e. The van der Waals surface area contributed by atoms with Gasteiger partial charge in [-0.3, -0.25) is 4.68 Å². The fourth-order valence-electron chi connectivity index (χ4n) is 3.26. The summed E-state index contributed by atoms with van der Waals surface area (Å²) in [6.45, 7) is 1.97. The second kappa shape index (κ2) is 8.64. The lowest BCUT2D eigenvalue weighted by atomic mass is 10.00. The van der Waals surface area contributed by atoms with Gasteiger partial charge >= 0.3 is 6.09 Å². The molecule has 2 aromatic heterocycles. The topological polar surface area (TPSA) is 118 Å². The first kappa shape index (κ1) is 20.2. The molecule has 2 heterocycles. The molecule has 0 fully saturated rings. The second-order valence-electron chi connectivity index (χ2n) is 6.83. The SMILES string of the molecule is COc1c(N)cc(CCCc2nc(OC(N)=O)ccc2C)cc1-c1ccn(C)n1. The summed E-state index contributed by atoms with van der Waals surface area (Å²) in [5, 5.41) is 4.46. The molecule has 8 heteroatoms. The summed E-state index contributed by atoms with van der Waals surface area (Å²) in [5.41, 5.74) is 16.5. The summed E-state index contributed by atoms with van der Waals surface area (Å²) in [5.74, 6) is 0.838. The van der Waals surface area contributed by atoms with E-state index in [-0.39, 0.29) is 5.88 Å². The Balaban J connectivity index is 1.76. The highest BCUT2D eigenvalue weighted by atomic mass is 16.6. The number of pyridine rings is 1. The van der Waals surface area contributed by atoms with Crippen molar-refractivity contribution in [1.29, 1.82) is 0 Å². The van der Waals surface area contributed by atoms with Crippen molar-refractivity contribution in [1.82, 2.24) is 14.8 Å². The molecule has 0 unspecified atom stereocenters. The quantitative estimate of drug-likeness (QED) is 0.594. The molecule has 29 heavy (non-hydrogen) atoms. The van der Waals surface area contributed by atoms with Crippen molar-refractivity contribution < 1.29 is 14.3 Å². The van der Waals surface area contributed by atoms with Crippen LogP contribution in [0.1, 0.15) is 23.2 Å². The Kier molecular flexibility index (Phi) is 6.01. The fourth-order valence-corrected chi connectivity index (χ4v) is 3.26.